The molecule has 3 rings (SSSR count). The van der Waals surface area contributed by atoms with Crippen LogP contribution in [0.5, 0.6) is 5.75 Å². The highest BCUT2D eigenvalue weighted by Crippen LogP contribution is 2.40. The maximum atomic E-state index is 12.5. The van der Waals surface area contributed by atoms with E-state index in [1.165, 1.54) is 16.7 Å². The molecule has 1 aromatic carbocycles. The fraction of sp³-hybridized carbons (Fsp3) is 0.389. The first-order chi connectivity index (χ1) is 12.9. The number of esters is 1. The number of hydrogen-bond acceptors (Lipinski definition) is 6. The zero-order valence-corrected chi connectivity index (χ0v) is 16.4. The van der Waals surface area contributed by atoms with Crippen LogP contribution in [0.4, 0.5) is 0 Å². The Morgan fingerprint density at radius 1 is 1.33 bits per heavy atom. The van der Waals surface area contributed by atoms with Crippen LogP contribution in [-0.2, 0) is 19.1 Å². The number of β-lactam (4-membered cyclic amide) rings is 1. The molecule has 1 aromatic rings. The van der Waals surface area contributed by atoms with Crippen molar-refractivity contribution in [1.29, 1.82) is 0 Å². The average molecular weight is 411 g/mol. The van der Waals surface area contributed by atoms with Crippen LogP contribution >= 0.6 is 23.4 Å². The quantitative estimate of drug-likeness (QED) is 0.570. The van der Waals surface area contributed by atoms with Gasteiger partial charge >= 0.3 is 5.97 Å². The van der Waals surface area contributed by atoms with E-state index in [-0.39, 0.29) is 30.2 Å². The first-order valence-electron chi connectivity index (χ1n) is 8.41. The lowest BCUT2D eigenvalue weighted by Gasteiger charge is -2.49. The van der Waals surface area contributed by atoms with Gasteiger partial charge in [0, 0.05) is 10.8 Å². The molecule has 0 unspecified atom stereocenters. The van der Waals surface area contributed by atoms with E-state index in [4.69, 9.17) is 21.1 Å². The second kappa shape index (κ2) is 8.22. The molecule has 2 heterocycles. The molecule has 0 aliphatic carbocycles. The van der Waals surface area contributed by atoms with Crippen LogP contribution in [0.3, 0.4) is 0 Å². The van der Waals surface area contributed by atoms with E-state index >= 15 is 0 Å². The van der Waals surface area contributed by atoms with Crippen molar-refractivity contribution < 1.29 is 23.9 Å². The Hall–Kier alpha value is -2.19. The van der Waals surface area contributed by atoms with Crippen molar-refractivity contribution >= 4 is 41.1 Å². The third kappa shape index (κ3) is 4.06. The number of ether oxygens (including phenoxy) is 2. The Balaban J connectivity index is 1.58. The van der Waals surface area contributed by atoms with E-state index in [0.29, 0.717) is 16.5 Å². The summed E-state index contributed by atoms with van der Waals surface area (Å²) < 4.78 is 10.4. The van der Waals surface area contributed by atoms with Crippen LogP contribution < -0.4 is 10.1 Å². The van der Waals surface area contributed by atoms with E-state index < -0.39 is 17.9 Å². The summed E-state index contributed by atoms with van der Waals surface area (Å²) in [5.41, 5.74) is 1.08. The van der Waals surface area contributed by atoms with Gasteiger partial charge in [0.05, 0.1) is 6.61 Å². The van der Waals surface area contributed by atoms with Crippen molar-refractivity contribution in [1.82, 2.24) is 10.2 Å². The smallest absolute Gasteiger partial charge is 0.355 e. The van der Waals surface area contributed by atoms with Crippen LogP contribution in [0.15, 0.2) is 35.5 Å². The summed E-state index contributed by atoms with van der Waals surface area (Å²) in [5.74, 6) is -0.145. The van der Waals surface area contributed by atoms with Crippen LogP contribution in [0.1, 0.15) is 13.8 Å². The number of benzene rings is 1. The molecule has 1 N–H and O–H groups in total. The van der Waals surface area contributed by atoms with E-state index in [1.54, 1.807) is 38.1 Å². The molecule has 0 spiro atoms. The number of carbonyl (C=O) groups excluding carboxylic acids is 3. The first-order valence-corrected chi connectivity index (χ1v) is 9.84. The van der Waals surface area contributed by atoms with Crippen molar-refractivity contribution in [3.63, 3.8) is 0 Å². The molecule has 7 nitrogen and oxygen atoms in total. The Labute approximate surface area is 166 Å². The molecule has 2 atom stereocenters. The van der Waals surface area contributed by atoms with E-state index in [2.05, 4.69) is 5.32 Å². The number of amides is 2. The van der Waals surface area contributed by atoms with Gasteiger partial charge in [0.25, 0.3) is 11.8 Å². The van der Waals surface area contributed by atoms with Crippen molar-refractivity contribution in [3.05, 3.63) is 40.6 Å². The Morgan fingerprint density at radius 3 is 2.70 bits per heavy atom. The predicted octanol–water partition coefficient (Wildman–Crippen LogP) is 1.96. The number of rotatable bonds is 6. The molecule has 144 valence electrons. The largest absolute Gasteiger partial charge is 0.484 e. The van der Waals surface area contributed by atoms with Crippen LogP contribution in [-0.4, -0.2) is 53.1 Å². The normalized spacial score (nSPS) is 21.3. The molecule has 0 radical (unpaired) electrons. The predicted molar refractivity (Wildman–Crippen MR) is 101 cm³/mol. The zero-order valence-electron chi connectivity index (χ0n) is 14.9. The van der Waals surface area contributed by atoms with Gasteiger partial charge in [0.15, 0.2) is 6.61 Å². The highest BCUT2D eigenvalue weighted by atomic mass is 35.5. The van der Waals surface area contributed by atoms with Gasteiger partial charge in [-0.05, 0) is 43.7 Å². The second-order valence-corrected chi connectivity index (χ2v) is 7.59. The number of carbonyl (C=O) groups is 3. The van der Waals surface area contributed by atoms with Crippen molar-refractivity contribution in [2.24, 2.45) is 0 Å². The van der Waals surface area contributed by atoms with Crippen molar-refractivity contribution in [2.45, 2.75) is 25.3 Å². The highest BCUT2D eigenvalue weighted by molar-refractivity contribution is 8.00. The molecule has 2 aliphatic rings. The van der Waals surface area contributed by atoms with E-state index in [9.17, 15) is 14.4 Å². The summed E-state index contributed by atoms with van der Waals surface area (Å²) in [5, 5.41) is 2.93. The number of halogens is 1. The van der Waals surface area contributed by atoms with E-state index in [0.717, 1.165) is 5.57 Å². The summed E-state index contributed by atoms with van der Waals surface area (Å²) in [6.45, 7) is 3.53. The summed E-state index contributed by atoms with van der Waals surface area (Å²) in [6.07, 6.45) is 0. The number of nitrogens with one attached hydrogen (secondary N) is 1. The third-order valence-corrected chi connectivity index (χ3v) is 5.80. The van der Waals surface area contributed by atoms with Crippen LogP contribution in [0.2, 0.25) is 5.02 Å². The molecule has 1 fully saturated rings. The Morgan fingerprint density at radius 2 is 2.04 bits per heavy atom. The van der Waals surface area contributed by atoms with Gasteiger partial charge in [-0.3, -0.25) is 14.5 Å². The van der Waals surface area contributed by atoms with Gasteiger partial charge in [-0.2, -0.15) is 0 Å². The molecule has 9 heteroatoms. The molecular weight excluding hydrogens is 392 g/mol. The molecular formula is C18H19ClN2O5S. The lowest BCUT2D eigenvalue weighted by atomic mass is 10.0. The Kier molecular flexibility index (Phi) is 5.96. The highest BCUT2D eigenvalue weighted by Gasteiger charge is 2.53. The lowest BCUT2D eigenvalue weighted by Crippen LogP contribution is -2.70. The van der Waals surface area contributed by atoms with Crippen LogP contribution in [0.25, 0.3) is 0 Å². The SMILES string of the molecule is CCOC(=O)C1=C(C)CS[C@@H]2[C@H](NC(=O)COc3ccc(Cl)cc3)C(=O)N12. The van der Waals surface area contributed by atoms with Gasteiger partial charge in [0.1, 0.15) is 22.9 Å². The maximum Gasteiger partial charge on any atom is 0.355 e. The fourth-order valence-corrected chi connectivity index (χ4v) is 4.28. The summed E-state index contributed by atoms with van der Waals surface area (Å²) in [7, 11) is 0. The second-order valence-electron chi connectivity index (χ2n) is 6.05. The Bertz CT molecular complexity index is 795. The topological polar surface area (TPSA) is 84.9 Å². The minimum atomic E-state index is -0.686. The maximum absolute atomic E-state index is 12.5. The number of thioether (sulfide) groups is 1. The molecule has 1 saturated heterocycles. The molecule has 0 aromatic heterocycles. The van der Waals surface area contributed by atoms with E-state index in [1.807, 2.05) is 0 Å². The number of hydrogen-bond donors (Lipinski definition) is 1. The van der Waals surface area contributed by atoms with Gasteiger partial charge in [0.2, 0.25) is 0 Å². The van der Waals surface area contributed by atoms with Gasteiger partial charge in [-0.15, -0.1) is 11.8 Å². The fourth-order valence-electron chi connectivity index (χ4n) is 2.86. The summed E-state index contributed by atoms with van der Waals surface area (Å²) in [4.78, 5) is 38.2. The molecule has 0 bridgehead atoms. The number of nitrogens with zero attached hydrogens (tertiary/aromatic N) is 1. The molecule has 0 saturated carbocycles. The minimum absolute atomic E-state index is 0.220. The van der Waals surface area contributed by atoms with Gasteiger partial charge in [-0.25, -0.2) is 4.79 Å². The average Bonchev–Trinajstić information content (AvgIpc) is 2.65. The van der Waals surface area contributed by atoms with Crippen molar-refractivity contribution in [2.75, 3.05) is 19.0 Å². The van der Waals surface area contributed by atoms with Crippen molar-refractivity contribution in [3.8, 4) is 5.75 Å². The minimum Gasteiger partial charge on any atom is -0.484 e. The summed E-state index contributed by atoms with van der Waals surface area (Å²) >= 11 is 7.30. The first kappa shape index (κ1) is 19.6. The lowest BCUT2D eigenvalue weighted by molar-refractivity contribution is -0.152. The molecule has 2 amide bonds. The monoisotopic (exact) mass is 410 g/mol. The zero-order chi connectivity index (χ0) is 19.6. The number of fused-ring (bicyclic) bond motifs is 1. The van der Waals surface area contributed by atoms with Crippen LogP contribution in [0, 0.1) is 0 Å². The molecule has 2 aliphatic heterocycles. The van der Waals surface area contributed by atoms with Gasteiger partial charge in [-0.1, -0.05) is 11.6 Å². The molecule has 27 heavy (non-hydrogen) atoms. The standard InChI is InChI=1S/C18H19ClN2O5S/c1-3-25-18(24)15-10(2)9-27-17-14(16(23)21(15)17)20-13(22)8-26-12-6-4-11(19)5-7-12/h4-7,14,17H,3,8-9H2,1-2H3,(H,20,22)/t14-,17-/m1/s1. The third-order valence-electron chi connectivity index (χ3n) is 4.13. The van der Waals surface area contributed by atoms with Gasteiger partial charge < -0.3 is 14.8 Å². The summed E-state index contributed by atoms with van der Waals surface area (Å²) in [6, 6.07) is 5.94.